The van der Waals surface area contributed by atoms with Crippen molar-refractivity contribution < 1.29 is 4.79 Å². The molecule has 0 saturated heterocycles. The second-order valence-corrected chi connectivity index (χ2v) is 2.70. The molecular weight excluding hydrogens is 206 g/mol. The first-order valence-corrected chi connectivity index (χ1v) is 3.22. The monoisotopic (exact) mass is 204 g/mol. The molecule has 0 heterocycles. The lowest BCUT2D eigenvalue weighted by atomic mass is 10.6. The van der Waals surface area contributed by atoms with Gasteiger partial charge in [-0.15, -0.1) is 0 Å². The van der Waals surface area contributed by atoms with Crippen LogP contribution >= 0.6 is 46.4 Å². The molecule has 0 radical (unpaired) electrons. The highest BCUT2D eigenvalue weighted by Gasteiger charge is 2.03. The number of hydrogen-bond donors (Lipinski definition) is 0. The van der Waals surface area contributed by atoms with Crippen molar-refractivity contribution in [1.29, 1.82) is 0 Å². The van der Waals surface area contributed by atoms with Crippen LogP contribution in [0.25, 0.3) is 0 Å². The lowest BCUT2D eigenvalue weighted by Crippen LogP contribution is -1.72. The Hall–Kier alpha value is 0.350. The van der Waals surface area contributed by atoms with Crippen molar-refractivity contribution in [2.24, 2.45) is 0 Å². The van der Waals surface area contributed by atoms with Crippen molar-refractivity contribution >= 4 is 52.3 Å². The summed E-state index contributed by atoms with van der Waals surface area (Å²) < 4.78 is -0.245. The van der Waals surface area contributed by atoms with Crippen molar-refractivity contribution in [2.75, 3.05) is 0 Å². The first kappa shape index (κ1) is 9.35. The van der Waals surface area contributed by atoms with Crippen molar-refractivity contribution in [1.82, 2.24) is 0 Å². The molecule has 9 heavy (non-hydrogen) atoms. The Labute approximate surface area is 71.8 Å². The summed E-state index contributed by atoms with van der Waals surface area (Å²) in [7, 11) is 0. The average molecular weight is 206 g/mol. The number of halogens is 4. The summed E-state index contributed by atoms with van der Waals surface area (Å²) in [5, 5.41) is -0.508. The molecule has 0 aliphatic rings. The highest BCUT2D eigenvalue weighted by Crippen LogP contribution is 2.25. The van der Waals surface area contributed by atoms with E-state index < -0.39 is 0 Å². The molecule has 0 bridgehead atoms. The Morgan fingerprint density at radius 1 is 1.11 bits per heavy atom. The minimum atomic E-state index is -0.323. The molecular formula is C4Cl4O. The topological polar surface area (TPSA) is 17.1 Å². The summed E-state index contributed by atoms with van der Waals surface area (Å²) >= 11 is 20.7. The van der Waals surface area contributed by atoms with E-state index in [1.807, 2.05) is 0 Å². The Bertz CT molecular complexity index is 185. The van der Waals surface area contributed by atoms with Crippen LogP contribution < -0.4 is 0 Å². The molecule has 0 saturated carbocycles. The first-order valence-electron chi connectivity index (χ1n) is 1.71. The van der Waals surface area contributed by atoms with E-state index in [-0.39, 0.29) is 14.6 Å². The minimum absolute atomic E-state index is 0.185. The summed E-state index contributed by atoms with van der Waals surface area (Å²) in [6.07, 6.45) is 0. The van der Waals surface area contributed by atoms with Crippen LogP contribution in [0.4, 0.5) is 0 Å². The van der Waals surface area contributed by atoms with Crippen molar-refractivity contribution in [2.45, 2.75) is 0 Å². The second-order valence-electron chi connectivity index (χ2n) is 0.990. The molecule has 50 valence electrons. The summed E-state index contributed by atoms with van der Waals surface area (Å²) in [6.45, 7) is 0. The predicted octanol–water partition coefficient (Wildman–Crippen LogP) is 2.83. The molecule has 0 aliphatic heterocycles. The summed E-state index contributed by atoms with van der Waals surface area (Å²) in [4.78, 5) is 9.72. The standard InChI is InChI=1S/C4Cl4O/c5-2(1-9)3(6)4(7)8. The third-order valence-electron chi connectivity index (χ3n) is 0.448. The molecule has 5 heteroatoms. The number of rotatable bonds is 1. The van der Waals surface area contributed by atoms with E-state index in [0.717, 1.165) is 0 Å². The number of carbonyl (C=O) groups excluding carboxylic acids is 1. The van der Waals surface area contributed by atoms with E-state index in [9.17, 15) is 4.79 Å². The SMILES string of the molecule is O=C=C(Cl)C(Cl)=C(Cl)Cl. The molecule has 0 atom stereocenters. The molecule has 0 spiro atoms. The Kier molecular flexibility index (Phi) is 4.37. The second kappa shape index (κ2) is 4.21. The van der Waals surface area contributed by atoms with Crippen molar-refractivity contribution in [3.63, 3.8) is 0 Å². The van der Waals surface area contributed by atoms with Crippen molar-refractivity contribution in [3.8, 4) is 0 Å². The van der Waals surface area contributed by atoms with E-state index in [1.165, 1.54) is 5.94 Å². The molecule has 0 amide bonds. The van der Waals surface area contributed by atoms with E-state index in [2.05, 4.69) is 0 Å². The van der Waals surface area contributed by atoms with Gasteiger partial charge in [-0.1, -0.05) is 46.4 Å². The van der Waals surface area contributed by atoms with E-state index in [0.29, 0.717) is 0 Å². The zero-order chi connectivity index (χ0) is 7.44. The first-order chi connectivity index (χ1) is 4.09. The third kappa shape index (κ3) is 3.14. The maximum absolute atomic E-state index is 9.72. The van der Waals surface area contributed by atoms with Gasteiger partial charge < -0.3 is 0 Å². The average Bonchev–Trinajstić information content (AvgIpc) is 1.84. The van der Waals surface area contributed by atoms with Gasteiger partial charge in [0, 0.05) is 0 Å². The van der Waals surface area contributed by atoms with E-state index in [1.54, 1.807) is 0 Å². The number of hydrogen-bond acceptors (Lipinski definition) is 1. The smallest absolute Gasteiger partial charge is 0.146 e. The summed E-state index contributed by atoms with van der Waals surface area (Å²) in [5.74, 6) is 1.32. The van der Waals surface area contributed by atoms with E-state index in [4.69, 9.17) is 46.4 Å². The van der Waals surface area contributed by atoms with Gasteiger partial charge in [0.2, 0.25) is 0 Å². The van der Waals surface area contributed by atoms with Crippen LogP contribution in [0.1, 0.15) is 0 Å². The quantitative estimate of drug-likeness (QED) is 0.476. The molecule has 0 fully saturated rings. The van der Waals surface area contributed by atoms with Gasteiger partial charge in [-0.3, -0.25) is 0 Å². The summed E-state index contributed by atoms with van der Waals surface area (Å²) in [5.41, 5.74) is 0. The maximum Gasteiger partial charge on any atom is 0.146 e. The number of allylic oxidation sites excluding steroid dienone is 2. The van der Waals surface area contributed by atoms with Gasteiger partial charge in [-0.05, 0) is 0 Å². The highest BCUT2D eigenvalue weighted by molar-refractivity contribution is 6.62. The molecule has 0 aromatic heterocycles. The lowest BCUT2D eigenvalue weighted by molar-refractivity contribution is 0.568. The zero-order valence-corrected chi connectivity index (χ0v) is 6.94. The fourth-order valence-electron chi connectivity index (χ4n) is 0.128. The Morgan fingerprint density at radius 2 is 1.56 bits per heavy atom. The molecule has 0 aliphatic carbocycles. The molecule has 1 nitrogen and oxygen atoms in total. The maximum atomic E-state index is 9.72. The fraction of sp³-hybridized carbons (Fsp3) is 0. The van der Waals surface area contributed by atoms with Gasteiger partial charge >= 0.3 is 0 Å². The van der Waals surface area contributed by atoms with Crippen LogP contribution in [0.2, 0.25) is 0 Å². The van der Waals surface area contributed by atoms with E-state index >= 15 is 0 Å². The van der Waals surface area contributed by atoms with Crippen LogP contribution in [0.3, 0.4) is 0 Å². The molecule has 0 aromatic rings. The van der Waals surface area contributed by atoms with Crippen molar-refractivity contribution in [3.05, 3.63) is 14.6 Å². The fourth-order valence-corrected chi connectivity index (χ4v) is 0.547. The van der Waals surface area contributed by atoms with Gasteiger partial charge in [0.1, 0.15) is 20.5 Å². The van der Waals surface area contributed by atoms with Crippen LogP contribution in [0.15, 0.2) is 14.6 Å². The van der Waals surface area contributed by atoms with Gasteiger partial charge in [0.25, 0.3) is 0 Å². The highest BCUT2D eigenvalue weighted by atomic mass is 35.5. The molecule has 0 N–H and O–H groups in total. The van der Waals surface area contributed by atoms with Crippen LogP contribution in [-0.2, 0) is 4.79 Å². The van der Waals surface area contributed by atoms with Crippen LogP contribution in [-0.4, -0.2) is 5.94 Å². The van der Waals surface area contributed by atoms with Gasteiger partial charge in [-0.2, -0.15) is 0 Å². The van der Waals surface area contributed by atoms with Gasteiger partial charge in [-0.25, -0.2) is 4.79 Å². The largest absolute Gasteiger partial charge is 0.232 e. The third-order valence-corrected chi connectivity index (χ3v) is 1.76. The minimum Gasteiger partial charge on any atom is -0.232 e. The van der Waals surface area contributed by atoms with Gasteiger partial charge in [0.15, 0.2) is 0 Å². The normalized spacial score (nSPS) is 8.00. The molecule has 0 aromatic carbocycles. The molecule has 0 rings (SSSR count). The Morgan fingerprint density at radius 3 is 1.67 bits per heavy atom. The molecule has 0 unspecified atom stereocenters. The van der Waals surface area contributed by atoms with Crippen LogP contribution in [0.5, 0.6) is 0 Å². The zero-order valence-electron chi connectivity index (χ0n) is 3.92. The van der Waals surface area contributed by atoms with Crippen LogP contribution in [0, 0.1) is 0 Å². The predicted molar refractivity (Wildman–Crippen MR) is 39.6 cm³/mol. The Balaban J connectivity index is 4.60. The lowest BCUT2D eigenvalue weighted by Gasteiger charge is -1.87. The summed E-state index contributed by atoms with van der Waals surface area (Å²) in [6, 6.07) is 0. The van der Waals surface area contributed by atoms with Gasteiger partial charge in [0.05, 0.1) is 0 Å².